The van der Waals surface area contributed by atoms with Crippen molar-refractivity contribution >= 4 is 23.5 Å². The third-order valence-electron chi connectivity index (χ3n) is 8.74. The Morgan fingerprint density at radius 2 is 1.76 bits per heavy atom. The minimum atomic E-state index is -0.563. The summed E-state index contributed by atoms with van der Waals surface area (Å²) in [5.74, 6) is 1.30. The molecule has 0 saturated carbocycles. The number of hydrogen-bond acceptors (Lipinski definition) is 8. The molecule has 11 nitrogen and oxygen atoms in total. The monoisotopic (exact) mass is 627 g/mol. The first kappa shape index (κ1) is 30.9. The van der Waals surface area contributed by atoms with Gasteiger partial charge in [0.2, 0.25) is 5.91 Å². The number of methoxy groups -OCH3 is 2. The van der Waals surface area contributed by atoms with Gasteiger partial charge in [-0.15, -0.1) is 0 Å². The van der Waals surface area contributed by atoms with Crippen LogP contribution in [-0.4, -0.2) is 74.5 Å². The number of benzene rings is 3. The largest absolute Gasteiger partial charge is 0.496 e. The van der Waals surface area contributed by atoms with Crippen molar-refractivity contribution in [3.05, 3.63) is 82.4 Å². The third kappa shape index (κ3) is 6.63. The molecule has 3 aliphatic heterocycles. The molecule has 3 heterocycles. The molecule has 240 valence electrons. The number of Topliss-reactive ketones (excluding diaryl/α,β-unsaturated/α-hetero) is 1. The van der Waals surface area contributed by atoms with Gasteiger partial charge in [0.15, 0.2) is 23.9 Å². The molecule has 0 aromatic heterocycles. The van der Waals surface area contributed by atoms with Gasteiger partial charge in [0.05, 0.1) is 20.3 Å². The molecule has 7 rings (SSSR count). The highest BCUT2D eigenvalue weighted by Crippen LogP contribution is 2.31. The topological polar surface area (TPSA) is 132 Å². The van der Waals surface area contributed by atoms with Crippen molar-refractivity contribution < 1.29 is 38.1 Å². The fraction of sp³-hybridized carbons (Fsp3) is 0.371. The van der Waals surface area contributed by atoms with Crippen molar-refractivity contribution in [3.63, 3.8) is 0 Å². The van der Waals surface area contributed by atoms with Gasteiger partial charge in [-0.2, -0.15) is 0 Å². The molecule has 2 N–H and O–H groups in total. The number of hydrogen-bond donors (Lipinski definition) is 2. The Labute approximate surface area is 267 Å². The zero-order valence-corrected chi connectivity index (χ0v) is 25.9. The van der Waals surface area contributed by atoms with Crippen molar-refractivity contribution in [3.8, 4) is 23.0 Å². The summed E-state index contributed by atoms with van der Waals surface area (Å²) in [5, 5.41) is 5.99. The van der Waals surface area contributed by atoms with Crippen molar-refractivity contribution in [1.29, 1.82) is 0 Å². The van der Waals surface area contributed by atoms with Crippen LogP contribution in [0.15, 0.2) is 54.6 Å². The van der Waals surface area contributed by atoms with Gasteiger partial charge >= 0.3 is 0 Å². The molecule has 1 fully saturated rings. The van der Waals surface area contributed by atoms with Crippen LogP contribution in [0, 0.1) is 0 Å². The summed E-state index contributed by atoms with van der Waals surface area (Å²) < 4.78 is 23.4. The Kier molecular flexibility index (Phi) is 9.09. The highest BCUT2D eigenvalue weighted by Gasteiger charge is 2.36. The molecule has 3 amide bonds. The first-order valence-corrected chi connectivity index (χ1v) is 15.5. The number of carbonyl (C=O) groups excluding carboxylic acids is 4. The molecular formula is C35H37N3O8. The normalized spacial score (nSPS) is 20.0. The number of ether oxygens (including phenoxy) is 4. The van der Waals surface area contributed by atoms with Gasteiger partial charge in [0, 0.05) is 61.7 Å². The molecule has 4 bridgehead atoms. The van der Waals surface area contributed by atoms with Gasteiger partial charge < -0.3 is 34.5 Å². The molecule has 0 unspecified atom stereocenters. The number of amides is 3. The zero-order valence-electron chi connectivity index (χ0n) is 25.9. The number of aryl methyl sites for hydroxylation is 1. The first-order valence-electron chi connectivity index (χ1n) is 15.5. The highest BCUT2D eigenvalue weighted by molar-refractivity contribution is 6.05. The van der Waals surface area contributed by atoms with E-state index in [1.165, 1.54) is 7.11 Å². The predicted molar refractivity (Wildman–Crippen MR) is 168 cm³/mol. The second-order valence-corrected chi connectivity index (χ2v) is 11.6. The van der Waals surface area contributed by atoms with E-state index in [1.54, 1.807) is 54.5 Å². The Balaban J connectivity index is 1.28. The number of likely N-dealkylation sites (tertiary alicyclic amines) is 1. The van der Waals surface area contributed by atoms with Crippen molar-refractivity contribution in [2.75, 3.05) is 33.9 Å². The Hall–Kier alpha value is -5.06. The Morgan fingerprint density at radius 1 is 0.913 bits per heavy atom. The van der Waals surface area contributed by atoms with E-state index >= 15 is 0 Å². The van der Waals surface area contributed by atoms with Crippen LogP contribution in [0.25, 0.3) is 0 Å². The van der Waals surface area contributed by atoms with E-state index in [2.05, 4.69) is 10.6 Å². The SMILES string of the molecule is COc1cc2ccc1CNC(=O)CCc1ccc(OC)c(c1)OCC(=O)N[C@@H]1CN(C(=O)c3cccc4c3CCC4=O)CC[C@@H]1O2. The van der Waals surface area contributed by atoms with E-state index in [-0.39, 0.29) is 43.7 Å². The van der Waals surface area contributed by atoms with Crippen LogP contribution >= 0.6 is 0 Å². The van der Waals surface area contributed by atoms with Gasteiger partial charge in [-0.1, -0.05) is 18.2 Å². The lowest BCUT2D eigenvalue weighted by molar-refractivity contribution is -0.125. The maximum atomic E-state index is 13.8. The summed E-state index contributed by atoms with van der Waals surface area (Å²) in [4.78, 5) is 53.8. The Morgan fingerprint density at radius 3 is 2.59 bits per heavy atom. The lowest BCUT2D eigenvalue weighted by Crippen LogP contribution is -2.58. The number of rotatable bonds is 3. The van der Waals surface area contributed by atoms with Crippen LogP contribution in [-0.2, 0) is 29.0 Å². The fourth-order valence-electron chi connectivity index (χ4n) is 6.30. The second-order valence-electron chi connectivity index (χ2n) is 11.6. The number of nitrogens with zero attached hydrogens (tertiary/aromatic N) is 1. The van der Waals surface area contributed by atoms with E-state index in [1.807, 2.05) is 12.1 Å². The number of piperidine rings is 1. The molecule has 4 aliphatic rings. The van der Waals surface area contributed by atoms with E-state index in [0.29, 0.717) is 66.4 Å². The van der Waals surface area contributed by atoms with Gasteiger partial charge in [0.1, 0.15) is 17.6 Å². The minimum Gasteiger partial charge on any atom is -0.496 e. The zero-order chi connectivity index (χ0) is 32.2. The van der Waals surface area contributed by atoms with Gasteiger partial charge in [-0.3, -0.25) is 19.2 Å². The van der Waals surface area contributed by atoms with Gasteiger partial charge in [-0.05, 0) is 54.3 Å². The van der Waals surface area contributed by atoms with Crippen LogP contribution in [0.5, 0.6) is 23.0 Å². The van der Waals surface area contributed by atoms with Crippen molar-refractivity contribution in [1.82, 2.24) is 15.5 Å². The lowest BCUT2D eigenvalue weighted by Gasteiger charge is -2.39. The van der Waals surface area contributed by atoms with Crippen LogP contribution in [0.2, 0.25) is 0 Å². The highest BCUT2D eigenvalue weighted by atomic mass is 16.5. The summed E-state index contributed by atoms with van der Waals surface area (Å²) in [6.07, 6.45) is 1.65. The molecule has 3 aromatic carbocycles. The molecule has 0 radical (unpaired) electrons. The number of fused-ring (bicyclic) bond motifs is 10. The maximum absolute atomic E-state index is 13.8. The molecule has 0 spiro atoms. The lowest BCUT2D eigenvalue weighted by atomic mass is 9.98. The summed E-state index contributed by atoms with van der Waals surface area (Å²) in [6.45, 7) is 0.587. The Bertz CT molecular complexity index is 1670. The standard InChI is InChI=1S/C35H37N3O8/c1-43-30-12-6-21-7-13-33(40)36-18-22-8-9-23(17-31(22)44-2)46-29-14-15-38(19-27(29)37-34(41)20-45-32(30)16-21)35(42)26-5-3-4-25-24(26)10-11-28(25)39/h3-6,8-9,12,16-17,27,29H,7,10-11,13-15,18-20H2,1-2H3,(H,36,40)(H,37,41)/t27-,29+/m1/s1. The smallest absolute Gasteiger partial charge is 0.258 e. The molecule has 3 aromatic rings. The molecule has 1 saturated heterocycles. The molecule has 2 atom stereocenters. The van der Waals surface area contributed by atoms with Crippen LogP contribution in [0.3, 0.4) is 0 Å². The quantitative estimate of drug-likeness (QED) is 0.453. The second kappa shape index (κ2) is 13.5. The minimum absolute atomic E-state index is 0.0505. The summed E-state index contributed by atoms with van der Waals surface area (Å²) in [7, 11) is 3.08. The van der Waals surface area contributed by atoms with Crippen LogP contribution in [0.4, 0.5) is 0 Å². The fourth-order valence-corrected chi connectivity index (χ4v) is 6.30. The van der Waals surface area contributed by atoms with Crippen LogP contribution < -0.4 is 29.6 Å². The summed E-state index contributed by atoms with van der Waals surface area (Å²) >= 11 is 0. The van der Waals surface area contributed by atoms with Crippen LogP contribution in [0.1, 0.15) is 56.7 Å². The van der Waals surface area contributed by atoms with Crippen molar-refractivity contribution in [2.45, 2.75) is 50.8 Å². The average Bonchev–Trinajstić information content (AvgIpc) is 3.46. The maximum Gasteiger partial charge on any atom is 0.258 e. The predicted octanol–water partition coefficient (Wildman–Crippen LogP) is 3.25. The van der Waals surface area contributed by atoms with E-state index in [4.69, 9.17) is 18.9 Å². The summed E-state index contributed by atoms with van der Waals surface area (Å²) in [6, 6.07) is 15.5. The molecule has 11 heteroatoms. The summed E-state index contributed by atoms with van der Waals surface area (Å²) in [5.41, 5.74) is 3.56. The van der Waals surface area contributed by atoms with Gasteiger partial charge in [-0.25, -0.2) is 0 Å². The third-order valence-corrected chi connectivity index (χ3v) is 8.74. The number of ketones is 1. The first-order chi connectivity index (χ1) is 22.3. The van der Waals surface area contributed by atoms with Crippen molar-refractivity contribution in [2.24, 2.45) is 0 Å². The van der Waals surface area contributed by atoms with Gasteiger partial charge in [0.25, 0.3) is 11.8 Å². The molecular weight excluding hydrogens is 590 g/mol. The van der Waals surface area contributed by atoms with E-state index < -0.39 is 18.1 Å². The average molecular weight is 628 g/mol. The number of nitrogens with one attached hydrogen (secondary N) is 2. The van der Waals surface area contributed by atoms with E-state index in [0.717, 1.165) is 16.7 Å². The number of carbonyl (C=O) groups is 4. The van der Waals surface area contributed by atoms with E-state index in [9.17, 15) is 19.2 Å². The molecule has 1 aliphatic carbocycles. The molecule has 46 heavy (non-hydrogen) atoms.